The van der Waals surface area contributed by atoms with Crippen molar-refractivity contribution < 1.29 is 18.0 Å². The molecule has 1 fully saturated rings. The molecule has 2 aliphatic rings. The summed E-state index contributed by atoms with van der Waals surface area (Å²) in [6, 6.07) is 0.00486. The molecule has 0 amide bonds. The summed E-state index contributed by atoms with van der Waals surface area (Å²) in [6.07, 6.45) is -0.565. The Morgan fingerprint density at radius 3 is 1.93 bits per heavy atom. The van der Waals surface area contributed by atoms with Crippen molar-refractivity contribution in [3.8, 4) is 5.88 Å². The molecular formula is C25H52N6O4Si5. The van der Waals surface area contributed by atoms with E-state index in [1.54, 1.807) is 0 Å². The van der Waals surface area contributed by atoms with Crippen LogP contribution in [0.15, 0.2) is 0 Å². The lowest BCUT2D eigenvalue weighted by Crippen LogP contribution is -2.57. The average Bonchev–Trinajstić information content (AvgIpc) is 3.30. The average molecular weight is 641 g/mol. The predicted molar refractivity (Wildman–Crippen MR) is 177 cm³/mol. The summed E-state index contributed by atoms with van der Waals surface area (Å²) in [5.41, 5.74) is 1.46. The van der Waals surface area contributed by atoms with Gasteiger partial charge in [0.05, 0.1) is 18.8 Å². The van der Waals surface area contributed by atoms with E-state index in [2.05, 4.69) is 112 Å². The molecule has 2 aromatic rings. The zero-order valence-corrected chi connectivity index (χ0v) is 32.4. The maximum atomic E-state index is 6.94. The van der Waals surface area contributed by atoms with Gasteiger partial charge >= 0.3 is 0 Å². The molecule has 2 aromatic heterocycles. The number of rotatable bonds is 10. The molecule has 15 heteroatoms. The van der Waals surface area contributed by atoms with E-state index in [0.717, 1.165) is 11.6 Å². The number of hydrogen-bond acceptors (Lipinski definition) is 9. The Morgan fingerprint density at radius 2 is 1.43 bits per heavy atom. The van der Waals surface area contributed by atoms with Crippen LogP contribution in [0.1, 0.15) is 6.23 Å². The molecule has 40 heavy (non-hydrogen) atoms. The van der Waals surface area contributed by atoms with E-state index in [1.165, 1.54) is 0 Å². The van der Waals surface area contributed by atoms with Crippen LogP contribution in [0.25, 0.3) is 11.2 Å². The van der Waals surface area contributed by atoms with E-state index in [9.17, 15) is 0 Å². The SMILES string of the molecule is C[Si](C)(C)Nc1nc(O[Si](C)(C)C)c2nc3n(c2n1)C1OC(CO[Si](C)(C)C)C(O[Si](C)(C)C)C1N3[Si](C)(C)C. The van der Waals surface area contributed by atoms with Crippen LogP contribution in [0.4, 0.5) is 11.9 Å². The second-order valence-electron chi connectivity index (χ2n) is 16.1. The van der Waals surface area contributed by atoms with E-state index >= 15 is 0 Å². The van der Waals surface area contributed by atoms with E-state index in [-0.39, 0.29) is 24.5 Å². The zero-order valence-electron chi connectivity index (χ0n) is 27.4. The van der Waals surface area contributed by atoms with E-state index in [0.29, 0.717) is 24.0 Å². The van der Waals surface area contributed by atoms with Gasteiger partial charge in [0.15, 0.2) is 42.3 Å². The maximum absolute atomic E-state index is 6.94. The molecule has 4 heterocycles. The minimum Gasteiger partial charge on any atom is -0.530 e. The van der Waals surface area contributed by atoms with Crippen LogP contribution in [-0.2, 0) is 13.6 Å². The highest BCUT2D eigenvalue weighted by Gasteiger charge is 2.58. The molecule has 0 saturated carbocycles. The number of anilines is 2. The first kappa shape index (κ1) is 31.8. The summed E-state index contributed by atoms with van der Waals surface area (Å²) in [5, 5.41) is 0. The highest BCUT2D eigenvalue weighted by molar-refractivity contribution is 6.80. The Balaban J connectivity index is 1.91. The normalized spacial score (nSPS) is 24.0. The Hall–Kier alpha value is -1.09. The molecule has 0 radical (unpaired) electrons. The molecule has 1 N–H and O–H groups in total. The smallest absolute Gasteiger partial charge is 0.244 e. The van der Waals surface area contributed by atoms with Gasteiger partial charge in [-0.15, -0.1) is 0 Å². The van der Waals surface area contributed by atoms with Gasteiger partial charge < -0.3 is 27.6 Å². The van der Waals surface area contributed by atoms with Crippen molar-refractivity contribution in [3.63, 3.8) is 0 Å². The third-order valence-corrected chi connectivity index (χ3v) is 12.1. The lowest BCUT2D eigenvalue weighted by atomic mass is 10.1. The molecule has 0 aromatic carbocycles. The lowest BCUT2D eigenvalue weighted by molar-refractivity contribution is -0.0348. The van der Waals surface area contributed by atoms with Gasteiger partial charge in [-0.1, -0.05) is 39.3 Å². The van der Waals surface area contributed by atoms with Gasteiger partial charge in [-0.2, -0.15) is 9.97 Å². The fraction of sp³-hybridized carbons (Fsp3) is 0.800. The van der Waals surface area contributed by atoms with Crippen LogP contribution in [-0.4, -0.2) is 85.8 Å². The topological polar surface area (TPSA) is 95.8 Å². The molecule has 4 unspecified atom stereocenters. The van der Waals surface area contributed by atoms with Crippen LogP contribution >= 0.6 is 0 Å². The van der Waals surface area contributed by atoms with Gasteiger partial charge in [0.1, 0.15) is 14.3 Å². The predicted octanol–water partition coefficient (Wildman–Crippen LogP) is 6.28. The highest BCUT2D eigenvalue weighted by Crippen LogP contribution is 2.49. The summed E-state index contributed by atoms with van der Waals surface area (Å²) in [4.78, 5) is 18.7. The summed E-state index contributed by atoms with van der Waals surface area (Å²) >= 11 is 0. The van der Waals surface area contributed by atoms with Crippen LogP contribution in [0.2, 0.25) is 98.2 Å². The van der Waals surface area contributed by atoms with E-state index in [4.69, 9.17) is 33.0 Å². The highest BCUT2D eigenvalue weighted by atomic mass is 28.4. The first-order chi connectivity index (χ1) is 17.9. The molecule has 4 rings (SSSR count). The Bertz CT molecular complexity index is 1240. The monoisotopic (exact) mass is 640 g/mol. The Kier molecular flexibility index (Phi) is 8.18. The standard InChI is InChI=1S/C25H52N6O4Si5/c1-36(2,3)29-24-27-21-18(22(28-24)35-40(13,14)15)26-25-30(21)23-19(31(25)37(4,5)6)20(34-39(10,11)12)17(33-23)16-32-38(7,8)9/h17,19-20,23H,16H2,1-15H3,(H,27,28,29). The number of ether oxygens (including phenoxy) is 1. The van der Waals surface area contributed by atoms with Crippen molar-refractivity contribution in [2.24, 2.45) is 0 Å². The van der Waals surface area contributed by atoms with Crippen molar-refractivity contribution in [2.75, 3.05) is 16.2 Å². The van der Waals surface area contributed by atoms with Crippen LogP contribution in [0.3, 0.4) is 0 Å². The fourth-order valence-electron chi connectivity index (χ4n) is 5.20. The van der Waals surface area contributed by atoms with E-state index < -0.39 is 41.4 Å². The third kappa shape index (κ3) is 7.10. The van der Waals surface area contributed by atoms with Crippen molar-refractivity contribution in [1.29, 1.82) is 0 Å². The number of fused-ring (bicyclic) bond motifs is 5. The van der Waals surface area contributed by atoms with Gasteiger partial charge in [-0.25, -0.2) is 4.98 Å². The van der Waals surface area contributed by atoms with Crippen molar-refractivity contribution in [1.82, 2.24) is 19.5 Å². The van der Waals surface area contributed by atoms with Crippen LogP contribution in [0, 0.1) is 0 Å². The van der Waals surface area contributed by atoms with Crippen molar-refractivity contribution in [2.45, 2.75) is 123 Å². The number of hydrogen-bond donors (Lipinski definition) is 1. The van der Waals surface area contributed by atoms with Crippen LogP contribution < -0.4 is 14.0 Å². The second kappa shape index (κ2) is 10.3. The quantitative estimate of drug-likeness (QED) is 0.301. The minimum atomic E-state index is -1.97. The van der Waals surface area contributed by atoms with E-state index in [1.807, 2.05) is 0 Å². The molecule has 0 spiro atoms. The second-order valence-corrected chi connectivity index (χ2v) is 39.1. The molecule has 10 nitrogen and oxygen atoms in total. The first-order valence-corrected chi connectivity index (χ1v) is 31.6. The Labute approximate surface area is 246 Å². The maximum Gasteiger partial charge on any atom is 0.244 e. The Morgan fingerprint density at radius 1 is 0.800 bits per heavy atom. The van der Waals surface area contributed by atoms with Crippen molar-refractivity contribution >= 4 is 64.5 Å². The summed E-state index contributed by atoms with van der Waals surface area (Å²) in [6.45, 7) is 34.2. The minimum absolute atomic E-state index is 0.00486. The third-order valence-electron chi connectivity index (χ3n) is 6.35. The zero-order chi connectivity index (χ0) is 30.2. The van der Waals surface area contributed by atoms with Crippen molar-refractivity contribution in [3.05, 3.63) is 0 Å². The van der Waals surface area contributed by atoms with Gasteiger partial charge in [-0.3, -0.25) is 4.57 Å². The summed E-state index contributed by atoms with van der Waals surface area (Å²) < 4.78 is 31.5. The number of imidazole rings is 1. The van der Waals surface area contributed by atoms with Gasteiger partial charge in [0, 0.05) is 0 Å². The first-order valence-electron chi connectivity index (χ1n) is 14.5. The molecular weight excluding hydrogens is 589 g/mol. The van der Waals surface area contributed by atoms with Gasteiger partial charge in [0.2, 0.25) is 26.1 Å². The molecule has 0 bridgehead atoms. The summed E-state index contributed by atoms with van der Waals surface area (Å²) in [5.74, 6) is 2.04. The molecule has 0 aliphatic carbocycles. The molecule has 4 atom stereocenters. The van der Waals surface area contributed by atoms with Gasteiger partial charge in [0.25, 0.3) is 0 Å². The molecule has 2 aliphatic heterocycles. The lowest BCUT2D eigenvalue weighted by Gasteiger charge is -2.40. The van der Waals surface area contributed by atoms with Gasteiger partial charge in [-0.05, 0) is 58.9 Å². The van der Waals surface area contributed by atoms with Crippen LogP contribution in [0.5, 0.6) is 5.88 Å². The summed E-state index contributed by atoms with van der Waals surface area (Å²) in [7, 11) is -9.33. The number of nitrogens with zero attached hydrogens (tertiary/aromatic N) is 5. The number of aromatic nitrogens is 4. The molecule has 1 saturated heterocycles. The fourth-order valence-corrected chi connectivity index (χ4v) is 10.4. The largest absolute Gasteiger partial charge is 0.530 e. The molecule has 226 valence electrons. The number of nitrogens with one attached hydrogen (secondary N) is 1.